The molecule has 0 bridgehead atoms. The molecular weight excluding hydrogens is 231 g/mol. The molecule has 98 valence electrons. The second-order valence-corrected chi connectivity index (χ2v) is 4.03. The zero-order valence-corrected chi connectivity index (χ0v) is 11.7. The molecule has 0 spiro atoms. The number of hydrogen-bond acceptors (Lipinski definition) is 5. The Bertz CT molecular complexity index is 144. The van der Waals surface area contributed by atoms with Gasteiger partial charge in [-0.2, -0.15) is 0 Å². The molecule has 16 heavy (non-hydrogen) atoms. The van der Waals surface area contributed by atoms with Crippen LogP contribution in [0.3, 0.4) is 0 Å². The molecule has 0 rings (SSSR count). The maximum Gasteiger partial charge on any atom is 0.337 e. The minimum atomic E-state index is -1.41. The predicted molar refractivity (Wildman–Crippen MR) is 62.9 cm³/mol. The third-order valence-corrected chi connectivity index (χ3v) is 2.91. The van der Waals surface area contributed by atoms with Crippen molar-refractivity contribution in [3.05, 3.63) is 0 Å². The summed E-state index contributed by atoms with van der Waals surface area (Å²) in [5.41, 5.74) is 0. The Morgan fingerprint density at radius 1 is 0.812 bits per heavy atom. The van der Waals surface area contributed by atoms with Crippen molar-refractivity contribution in [3.63, 3.8) is 0 Å². The normalized spacial score (nSPS) is 17.1. The van der Waals surface area contributed by atoms with Gasteiger partial charge in [0, 0.05) is 13.2 Å². The van der Waals surface area contributed by atoms with E-state index in [1.807, 2.05) is 34.6 Å². The smallest absolute Gasteiger partial charge is 0.337 e. The monoisotopic (exact) mass is 254 g/mol. The van der Waals surface area contributed by atoms with Crippen LogP contribution < -0.4 is 0 Å². The summed E-state index contributed by atoms with van der Waals surface area (Å²) in [7, 11) is -1.41. The fourth-order valence-corrected chi connectivity index (χ4v) is 1.95. The van der Waals surface area contributed by atoms with Crippen molar-refractivity contribution in [1.29, 1.82) is 0 Å². The van der Waals surface area contributed by atoms with Crippen molar-refractivity contribution in [3.8, 4) is 0 Å². The quantitative estimate of drug-likeness (QED) is 0.443. The van der Waals surface area contributed by atoms with Crippen LogP contribution in [0.1, 0.15) is 34.6 Å². The molecule has 0 heterocycles. The lowest BCUT2D eigenvalue weighted by molar-refractivity contribution is -0.105. The molecule has 0 fully saturated rings. The number of rotatable bonds is 10. The SMILES string of the molecule is CCOC(C)OP(OCC)OC(C)OCC. The average Bonchev–Trinajstić information content (AvgIpc) is 2.18. The molecular formula is C10H23O5P. The second kappa shape index (κ2) is 10.4. The van der Waals surface area contributed by atoms with Crippen molar-refractivity contribution < 1.29 is 23.0 Å². The maximum absolute atomic E-state index is 5.47. The van der Waals surface area contributed by atoms with Crippen LogP contribution in [0.5, 0.6) is 0 Å². The third-order valence-electron chi connectivity index (χ3n) is 1.51. The van der Waals surface area contributed by atoms with E-state index in [9.17, 15) is 0 Å². The van der Waals surface area contributed by atoms with E-state index < -0.39 is 8.60 Å². The highest BCUT2D eigenvalue weighted by atomic mass is 31.2. The van der Waals surface area contributed by atoms with Crippen LogP contribution in [-0.2, 0) is 23.0 Å². The van der Waals surface area contributed by atoms with Crippen LogP contribution in [0.25, 0.3) is 0 Å². The van der Waals surface area contributed by atoms with Gasteiger partial charge in [0.25, 0.3) is 0 Å². The van der Waals surface area contributed by atoms with Crippen molar-refractivity contribution in [2.24, 2.45) is 0 Å². The number of hydrogen-bond donors (Lipinski definition) is 0. The number of ether oxygens (including phenoxy) is 2. The van der Waals surface area contributed by atoms with Crippen LogP contribution in [0.4, 0.5) is 0 Å². The Balaban J connectivity index is 3.94. The van der Waals surface area contributed by atoms with Crippen molar-refractivity contribution in [2.45, 2.75) is 47.2 Å². The topological polar surface area (TPSA) is 46.2 Å². The van der Waals surface area contributed by atoms with Gasteiger partial charge in [0.05, 0.1) is 6.61 Å². The summed E-state index contributed by atoms with van der Waals surface area (Å²) in [6.45, 7) is 11.1. The summed E-state index contributed by atoms with van der Waals surface area (Å²) < 4.78 is 26.8. The minimum Gasteiger partial charge on any atom is -0.353 e. The first-order valence-corrected chi connectivity index (χ1v) is 6.73. The van der Waals surface area contributed by atoms with E-state index in [0.717, 1.165) is 0 Å². The maximum atomic E-state index is 5.47. The van der Waals surface area contributed by atoms with Gasteiger partial charge in [0.2, 0.25) is 0 Å². The molecule has 0 saturated carbocycles. The van der Waals surface area contributed by atoms with Gasteiger partial charge in [-0.3, -0.25) is 9.05 Å². The van der Waals surface area contributed by atoms with Gasteiger partial charge in [-0.1, -0.05) is 0 Å². The lowest BCUT2D eigenvalue weighted by Crippen LogP contribution is -2.15. The van der Waals surface area contributed by atoms with E-state index in [1.54, 1.807) is 0 Å². The van der Waals surface area contributed by atoms with Gasteiger partial charge in [-0.15, -0.1) is 0 Å². The molecule has 0 aliphatic carbocycles. The lowest BCUT2D eigenvalue weighted by Gasteiger charge is -2.22. The largest absolute Gasteiger partial charge is 0.353 e. The minimum absolute atomic E-state index is 0.337. The van der Waals surface area contributed by atoms with Gasteiger partial charge in [0.15, 0.2) is 12.6 Å². The molecule has 0 radical (unpaired) electrons. The van der Waals surface area contributed by atoms with Gasteiger partial charge in [-0.05, 0) is 34.6 Å². The van der Waals surface area contributed by atoms with Crippen LogP contribution >= 0.6 is 8.60 Å². The van der Waals surface area contributed by atoms with Crippen LogP contribution in [0.15, 0.2) is 0 Å². The van der Waals surface area contributed by atoms with E-state index >= 15 is 0 Å². The first kappa shape index (κ1) is 16.2. The molecule has 6 heteroatoms. The summed E-state index contributed by atoms with van der Waals surface area (Å²) in [6.07, 6.45) is -0.673. The molecule has 0 aromatic rings. The first-order valence-electron chi connectivity index (χ1n) is 5.63. The van der Waals surface area contributed by atoms with Crippen molar-refractivity contribution in [2.75, 3.05) is 19.8 Å². The third kappa shape index (κ3) is 8.39. The molecule has 0 N–H and O–H groups in total. The van der Waals surface area contributed by atoms with Gasteiger partial charge in [-0.25, -0.2) is 0 Å². The summed E-state index contributed by atoms with van der Waals surface area (Å²) in [6, 6.07) is 0. The highest BCUT2D eigenvalue weighted by molar-refractivity contribution is 7.41. The molecule has 0 saturated heterocycles. The Morgan fingerprint density at radius 3 is 1.56 bits per heavy atom. The van der Waals surface area contributed by atoms with Crippen LogP contribution in [0.2, 0.25) is 0 Å². The van der Waals surface area contributed by atoms with Crippen molar-refractivity contribution in [1.82, 2.24) is 0 Å². The standard InChI is InChI=1S/C10H23O5P/c1-6-11-9(4)14-16(13-8-3)15-10(5)12-7-2/h9-10H,6-8H2,1-5H3. The summed E-state index contributed by atoms with van der Waals surface area (Å²) in [4.78, 5) is 0. The fourth-order valence-electron chi connectivity index (χ4n) is 0.964. The van der Waals surface area contributed by atoms with E-state index in [2.05, 4.69) is 0 Å². The molecule has 0 aliphatic rings. The van der Waals surface area contributed by atoms with E-state index in [-0.39, 0.29) is 12.6 Å². The highest BCUT2D eigenvalue weighted by Crippen LogP contribution is 2.42. The summed E-state index contributed by atoms with van der Waals surface area (Å²) in [5.74, 6) is 0. The molecule has 0 amide bonds. The molecule has 5 nitrogen and oxygen atoms in total. The van der Waals surface area contributed by atoms with Gasteiger partial charge >= 0.3 is 8.60 Å². The lowest BCUT2D eigenvalue weighted by atomic mass is 10.7. The highest BCUT2D eigenvalue weighted by Gasteiger charge is 2.19. The molecule has 0 aliphatic heterocycles. The summed E-state index contributed by atoms with van der Waals surface area (Å²) >= 11 is 0. The second-order valence-electron chi connectivity index (χ2n) is 2.90. The van der Waals surface area contributed by atoms with E-state index in [1.165, 1.54) is 0 Å². The molecule has 0 aromatic carbocycles. The zero-order chi connectivity index (χ0) is 12.4. The first-order chi connectivity index (χ1) is 7.63. The summed E-state index contributed by atoms with van der Waals surface area (Å²) in [5, 5.41) is 0. The Kier molecular flexibility index (Phi) is 10.5. The fraction of sp³-hybridized carbons (Fsp3) is 1.00. The van der Waals surface area contributed by atoms with E-state index in [0.29, 0.717) is 19.8 Å². The Labute approximate surface area is 99.4 Å². The van der Waals surface area contributed by atoms with Gasteiger partial charge in [0.1, 0.15) is 0 Å². The van der Waals surface area contributed by atoms with Crippen molar-refractivity contribution >= 4 is 8.60 Å². The van der Waals surface area contributed by atoms with Gasteiger partial charge < -0.3 is 14.0 Å². The predicted octanol–water partition coefficient (Wildman–Crippen LogP) is 3.05. The molecule has 2 atom stereocenters. The van der Waals surface area contributed by atoms with E-state index in [4.69, 9.17) is 23.0 Å². The van der Waals surface area contributed by atoms with Crippen LogP contribution in [-0.4, -0.2) is 32.4 Å². The van der Waals surface area contributed by atoms with Crippen LogP contribution in [0, 0.1) is 0 Å². The zero-order valence-electron chi connectivity index (χ0n) is 10.8. The Morgan fingerprint density at radius 2 is 1.25 bits per heavy atom. The Hall–Kier alpha value is 0.230. The molecule has 2 unspecified atom stereocenters. The molecule has 0 aromatic heterocycles. The average molecular weight is 254 g/mol.